The Balaban J connectivity index is 2.20. The van der Waals surface area contributed by atoms with Gasteiger partial charge in [0, 0.05) is 29.9 Å². The molecule has 3 heterocycles. The van der Waals surface area contributed by atoms with Gasteiger partial charge in [-0.3, -0.25) is 9.98 Å². The fourth-order valence-corrected chi connectivity index (χ4v) is 1.85. The van der Waals surface area contributed by atoms with Crippen LogP contribution in [0.5, 0.6) is 0 Å². The fraction of sp³-hybridized carbons (Fsp3) is 0. The van der Waals surface area contributed by atoms with Crippen LogP contribution >= 0.6 is 0 Å². The van der Waals surface area contributed by atoms with Gasteiger partial charge in [0.15, 0.2) is 0 Å². The summed E-state index contributed by atoms with van der Waals surface area (Å²) in [5.41, 5.74) is 3.92. The lowest BCUT2D eigenvalue weighted by atomic mass is 10.1. The zero-order valence-corrected chi connectivity index (χ0v) is 9.17. The molecule has 82 valence electrons. The SMILES string of the molecule is C1=C/C(=C(\c2ccccn2)c2ccc[nH]2)N=C1. The number of rotatable bonds is 2. The normalized spacial score (nSPS) is 16.5. The molecule has 3 rings (SSSR count). The highest BCUT2D eigenvalue weighted by Gasteiger charge is 2.12. The van der Waals surface area contributed by atoms with Crippen LogP contribution in [0.25, 0.3) is 5.57 Å². The van der Waals surface area contributed by atoms with E-state index >= 15 is 0 Å². The van der Waals surface area contributed by atoms with E-state index in [-0.39, 0.29) is 0 Å². The van der Waals surface area contributed by atoms with Crippen molar-refractivity contribution in [3.63, 3.8) is 0 Å². The molecule has 1 aliphatic heterocycles. The third-order valence-corrected chi connectivity index (χ3v) is 2.60. The maximum Gasteiger partial charge on any atom is 0.0745 e. The van der Waals surface area contributed by atoms with Gasteiger partial charge in [-0.05, 0) is 36.4 Å². The Hall–Kier alpha value is -2.42. The average Bonchev–Trinajstić information content (AvgIpc) is 3.04. The molecule has 1 aliphatic rings. The summed E-state index contributed by atoms with van der Waals surface area (Å²) >= 11 is 0. The summed E-state index contributed by atoms with van der Waals surface area (Å²) in [6.45, 7) is 0. The zero-order chi connectivity index (χ0) is 11.5. The molecule has 0 saturated carbocycles. The van der Waals surface area contributed by atoms with Gasteiger partial charge in [-0.15, -0.1) is 0 Å². The van der Waals surface area contributed by atoms with Gasteiger partial charge in [-0.1, -0.05) is 6.07 Å². The molecule has 0 spiro atoms. The third kappa shape index (κ3) is 1.83. The molecule has 2 aromatic heterocycles. The van der Waals surface area contributed by atoms with Gasteiger partial charge in [0.1, 0.15) is 0 Å². The van der Waals surface area contributed by atoms with E-state index in [2.05, 4.69) is 15.0 Å². The van der Waals surface area contributed by atoms with Crippen molar-refractivity contribution in [2.45, 2.75) is 0 Å². The molecule has 0 unspecified atom stereocenters. The summed E-state index contributed by atoms with van der Waals surface area (Å²) in [6.07, 6.45) is 9.41. The minimum Gasteiger partial charge on any atom is -0.361 e. The lowest BCUT2D eigenvalue weighted by Crippen LogP contribution is -1.94. The second-order valence-corrected chi connectivity index (χ2v) is 3.70. The first-order chi connectivity index (χ1) is 8.45. The van der Waals surface area contributed by atoms with Crippen LogP contribution in [0.15, 0.2) is 65.6 Å². The molecular formula is C14H11N3. The Morgan fingerprint density at radius 2 is 2.12 bits per heavy atom. The second kappa shape index (κ2) is 4.22. The molecule has 2 aromatic rings. The van der Waals surface area contributed by atoms with E-state index in [0.29, 0.717) is 0 Å². The summed E-state index contributed by atoms with van der Waals surface area (Å²) in [7, 11) is 0. The van der Waals surface area contributed by atoms with Gasteiger partial charge in [-0.2, -0.15) is 0 Å². The molecule has 3 nitrogen and oxygen atoms in total. The summed E-state index contributed by atoms with van der Waals surface area (Å²) in [4.78, 5) is 12.0. The number of hydrogen-bond acceptors (Lipinski definition) is 2. The van der Waals surface area contributed by atoms with Crippen molar-refractivity contribution in [2.75, 3.05) is 0 Å². The molecule has 0 aliphatic carbocycles. The third-order valence-electron chi connectivity index (χ3n) is 2.60. The van der Waals surface area contributed by atoms with Crippen molar-refractivity contribution >= 4 is 11.8 Å². The first-order valence-electron chi connectivity index (χ1n) is 5.45. The monoisotopic (exact) mass is 221 g/mol. The predicted molar refractivity (Wildman–Crippen MR) is 68.7 cm³/mol. The number of nitrogens with zero attached hydrogens (tertiary/aromatic N) is 2. The maximum absolute atomic E-state index is 4.39. The molecule has 0 amide bonds. The molecule has 0 atom stereocenters. The first-order valence-corrected chi connectivity index (χ1v) is 5.45. The van der Waals surface area contributed by atoms with E-state index in [1.54, 1.807) is 12.4 Å². The number of allylic oxidation sites excluding steroid dienone is 2. The standard InChI is InChI=1S/C14H11N3/c1-2-8-15-11(5-1)14(12-6-3-9-16-12)13-7-4-10-17-13/h1-10,16H/b14-13-. The lowest BCUT2D eigenvalue weighted by Gasteiger charge is -2.06. The summed E-state index contributed by atoms with van der Waals surface area (Å²) in [6, 6.07) is 9.88. The highest BCUT2D eigenvalue weighted by atomic mass is 14.8. The Morgan fingerprint density at radius 1 is 1.12 bits per heavy atom. The van der Waals surface area contributed by atoms with Gasteiger partial charge in [0.05, 0.1) is 11.4 Å². The van der Waals surface area contributed by atoms with Crippen molar-refractivity contribution in [1.82, 2.24) is 9.97 Å². The minimum absolute atomic E-state index is 0.925. The van der Waals surface area contributed by atoms with E-state index in [4.69, 9.17) is 0 Å². The van der Waals surface area contributed by atoms with Gasteiger partial charge in [-0.25, -0.2) is 0 Å². The van der Waals surface area contributed by atoms with E-state index < -0.39 is 0 Å². The number of nitrogens with one attached hydrogen (secondary N) is 1. The van der Waals surface area contributed by atoms with E-state index in [9.17, 15) is 0 Å². The minimum atomic E-state index is 0.925. The van der Waals surface area contributed by atoms with Crippen molar-refractivity contribution < 1.29 is 0 Å². The summed E-state index contributed by atoms with van der Waals surface area (Å²) in [5.74, 6) is 0. The highest BCUT2D eigenvalue weighted by molar-refractivity contribution is 5.87. The van der Waals surface area contributed by atoms with Crippen LogP contribution in [-0.2, 0) is 0 Å². The second-order valence-electron chi connectivity index (χ2n) is 3.70. The largest absolute Gasteiger partial charge is 0.361 e. The van der Waals surface area contributed by atoms with Crippen molar-refractivity contribution in [3.8, 4) is 0 Å². The van der Waals surface area contributed by atoms with E-state index in [0.717, 1.165) is 22.7 Å². The molecule has 17 heavy (non-hydrogen) atoms. The quantitative estimate of drug-likeness (QED) is 0.832. The zero-order valence-electron chi connectivity index (χ0n) is 9.17. The Kier molecular flexibility index (Phi) is 2.43. The molecule has 0 radical (unpaired) electrons. The molecule has 3 heteroatoms. The van der Waals surface area contributed by atoms with Crippen LogP contribution < -0.4 is 0 Å². The molecule has 0 saturated heterocycles. The Bertz CT molecular complexity index is 576. The van der Waals surface area contributed by atoms with Crippen LogP contribution in [-0.4, -0.2) is 16.2 Å². The summed E-state index contributed by atoms with van der Waals surface area (Å²) in [5, 5.41) is 0. The number of pyridine rings is 1. The van der Waals surface area contributed by atoms with Crippen molar-refractivity contribution in [2.24, 2.45) is 4.99 Å². The first kappa shape index (κ1) is 9.78. The van der Waals surface area contributed by atoms with Gasteiger partial charge < -0.3 is 4.98 Å². The van der Waals surface area contributed by atoms with E-state index in [1.807, 2.05) is 48.7 Å². The molecule has 1 N–H and O–H groups in total. The average molecular weight is 221 g/mol. The van der Waals surface area contributed by atoms with Crippen LogP contribution in [0, 0.1) is 0 Å². The van der Waals surface area contributed by atoms with Crippen LogP contribution in [0.1, 0.15) is 11.4 Å². The number of aromatic amines is 1. The fourth-order valence-electron chi connectivity index (χ4n) is 1.85. The van der Waals surface area contributed by atoms with Crippen LogP contribution in [0.4, 0.5) is 0 Å². The number of aliphatic imine (C=N–C) groups is 1. The van der Waals surface area contributed by atoms with Crippen LogP contribution in [0.3, 0.4) is 0 Å². The molecule has 0 aromatic carbocycles. The smallest absolute Gasteiger partial charge is 0.0745 e. The van der Waals surface area contributed by atoms with Gasteiger partial charge in [0.2, 0.25) is 0 Å². The van der Waals surface area contributed by atoms with Gasteiger partial charge >= 0.3 is 0 Å². The predicted octanol–water partition coefficient (Wildman–Crippen LogP) is 2.81. The highest BCUT2D eigenvalue weighted by Crippen LogP contribution is 2.26. The number of H-pyrrole nitrogens is 1. The lowest BCUT2D eigenvalue weighted by molar-refractivity contribution is 1.23. The molecule has 0 fully saturated rings. The topological polar surface area (TPSA) is 41.0 Å². The molecule has 0 bridgehead atoms. The van der Waals surface area contributed by atoms with E-state index in [1.165, 1.54) is 0 Å². The maximum atomic E-state index is 4.39. The number of hydrogen-bond donors (Lipinski definition) is 1. The van der Waals surface area contributed by atoms with Crippen molar-refractivity contribution in [3.05, 3.63) is 72.0 Å². The van der Waals surface area contributed by atoms with Crippen molar-refractivity contribution in [1.29, 1.82) is 0 Å². The summed E-state index contributed by atoms with van der Waals surface area (Å²) < 4.78 is 0. The Labute approximate surface area is 99.3 Å². The Morgan fingerprint density at radius 3 is 2.76 bits per heavy atom. The number of aromatic nitrogens is 2. The van der Waals surface area contributed by atoms with Gasteiger partial charge in [0.25, 0.3) is 0 Å². The van der Waals surface area contributed by atoms with Crippen LogP contribution in [0.2, 0.25) is 0 Å². The molecular weight excluding hydrogens is 210 g/mol.